The van der Waals surface area contributed by atoms with Crippen LogP contribution in [0.15, 0.2) is 194 Å². The van der Waals surface area contributed by atoms with E-state index >= 15 is 0 Å². The van der Waals surface area contributed by atoms with Crippen molar-refractivity contribution in [2.75, 3.05) is 0 Å². The minimum absolute atomic E-state index is 0.483. The van der Waals surface area contributed by atoms with Crippen molar-refractivity contribution in [2.45, 2.75) is 5.41 Å². The highest BCUT2D eigenvalue weighted by Crippen LogP contribution is 2.58. The molecule has 9 aromatic rings. The van der Waals surface area contributed by atoms with Gasteiger partial charge < -0.3 is 0 Å². The normalized spacial score (nSPS) is 13.1. The highest BCUT2D eigenvalue weighted by atomic mass is 14.5. The van der Waals surface area contributed by atoms with Crippen LogP contribution >= 0.6 is 0 Å². The third kappa shape index (κ3) is 4.04. The summed E-state index contributed by atoms with van der Waals surface area (Å²) in [5.41, 5.74) is 12.4. The summed E-state index contributed by atoms with van der Waals surface area (Å²) in [7, 11) is 0. The van der Waals surface area contributed by atoms with E-state index in [0.717, 1.165) is 0 Å². The van der Waals surface area contributed by atoms with Gasteiger partial charge in [-0.15, -0.1) is 0 Å². The maximum Gasteiger partial charge on any atom is 0.0714 e. The molecule has 0 aromatic heterocycles. The molecule has 0 spiro atoms. The number of rotatable bonds is 4. The van der Waals surface area contributed by atoms with Crippen LogP contribution in [0.4, 0.5) is 0 Å². The van der Waals surface area contributed by atoms with Gasteiger partial charge in [0.1, 0.15) is 0 Å². The zero-order valence-electron chi connectivity index (χ0n) is 27.0. The standard InChI is InChI=1S/C49H32/c1-4-16-33(17-5-1)47-40-24-12-14-26-42(40)48(43-27-15-13-25-41(43)47)36-28-29-39-44-30-34-18-10-11-19-35(34)31-46(44)49(45(39)32-36,37-20-6-2-7-21-37)38-22-8-3-9-23-38/h1-32H. The molecule has 9 aromatic carbocycles. The first-order valence-corrected chi connectivity index (χ1v) is 17.1. The van der Waals surface area contributed by atoms with Gasteiger partial charge in [0.15, 0.2) is 0 Å². The third-order valence-corrected chi connectivity index (χ3v) is 10.7. The van der Waals surface area contributed by atoms with Gasteiger partial charge in [-0.1, -0.05) is 176 Å². The first kappa shape index (κ1) is 27.8. The van der Waals surface area contributed by atoms with Crippen molar-refractivity contribution in [1.82, 2.24) is 0 Å². The maximum atomic E-state index is 2.51. The van der Waals surface area contributed by atoms with Gasteiger partial charge in [-0.25, -0.2) is 0 Å². The van der Waals surface area contributed by atoms with E-state index in [2.05, 4.69) is 194 Å². The molecule has 0 fully saturated rings. The second-order valence-electron chi connectivity index (χ2n) is 13.2. The summed E-state index contributed by atoms with van der Waals surface area (Å²) in [6.45, 7) is 0. The SMILES string of the molecule is c1ccc(-c2c3ccccc3c(-c3ccc4c(c3)C(c3ccccc3)(c3ccccc3)c3cc5ccccc5cc3-4)c3ccccc23)cc1. The Morgan fingerprint density at radius 3 is 1.27 bits per heavy atom. The monoisotopic (exact) mass is 620 g/mol. The lowest BCUT2D eigenvalue weighted by Gasteiger charge is -2.34. The molecule has 0 N–H and O–H groups in total. The second kappa shape index (κ2) is 10.9. The van der Waals surface area contributed by atoms with Crippen molar-refractivity contribution in [3.05, 3.63) is 216 Å². The van der Waals surface area contributed by atoms with E-state index in [9.17, 15) is 0 Å². The molecule has 0 unspecified atom stereocenters. The van der Waals surface area contributed by atoms with Crippen LogP contribution < -0.4 is 0 Å². The van der Waals surface area contributed by atoms with Crippen molar-refractivity contribution >= 4 is 32.3 Å². The minimum atomic E-state index is -0.483. The highest BCUT2D eigenvalue weighted by Gasteiger charge is 2.46. The molecule has 0 aliphatic heterocycles. The summed E-state index contributed by atoms with van der Waals surface area (Å²) in [5, 5.41) is 7.61. The Labute approximate surface area is 286 Å². The molecule has 0 heterocycles. The Morgan fingerprint density at radius 2 is 0.714 bits per heavy atom. The van der Waals surface area contributed by atoms with Gasteiger partial charge in [0.05, 0.1) is 5.41 Å². The van der Waals surface area contributed by atoms with E-state index in [1.807, 2.05) is 0 Å². The topological polar surface area (TPSA) is 0 Å². The van der Waals surface area contributed by atoms with Gasteiger partial charge in [0.25, 0.3) is 0 Å². The summed E-state index contributed by atoms with van der Waals surface area (Å²) in [6.07, 6.45) is 0. The van der Waals surface area contributed by atoms with Crippen LogP contribution in [0.2, 0.25) is 0 Å². The Balaban J connectivity index is 1.34. The van der Waals surface area contributed by atoms with Gasteiger partial charge in [-0.2, -0.15) is 0 Å². The summed E-state index contributed by atoms with van der Waals surface area (Å²) in [4.78, 5) is 0. The fourth-order valence-electron chi connectivity index (χ4n) is 8.68. The lowest BCUT2D eigenvalue weighted by atomic mass is 9.67. The molecule has 228 valence electrons. The van der Waals surface area contributed by atoms with Gasteiger partial charge in [-0.3, -0.25) is 0 Å². The van der Waals surface area contributed by atoms with Crippen molar-refractivity contribution in [3.63, 3.8) is 0 Å². The van der Waals surface area contributed by atoms with Gasteiger partial charge in [-0.05, 0) is 106 Å². The summed E-state index contributed by atoms with van der Waals surface area (Å²) in [5.74, 6) is 0. The molecule has 49 heavy (non-hydrogen) atoms. The molecule has 0 atom stereocenters. The van der Waals surface area contributed by atoms with E-state index in [0.29, 0.717) is 0 Å². The molecule has 0 nitrogen and oxygen atoms in total. The number of fused-ring (bicyclic) bond motifs is 6. The molecule has 0 amide bonds. The predicted molar refractivity (Wildman–Crippen MR) is 207 cm³/mol. The largest absolute Gasteiger partial charge is 0.0714 e. The van der Waals surface area contributed by atoms with E-state index in [1.165, 1.54) is 88.0 Å². The average molecular weight is 621 g/mol. The van der Waals surface area contributed by atoms with Crippen LogP contribution in [-0.4, -0.2) is 0 Å². The van der Waals surface area contributed by atoms with Crippen LogP contribution in [-0.2, 0) is 5.41 Å². The van der Waals surface area contributed by atoms with E-state index < -0.39 is 5.41 Å². The van der Waals surface area contributed by atoms with Crippen LogP contribution in [0, 0.1) is 0 Å². The lowest BCUT2D eigenvalue weighted by Crippen LogP contribution is -2.28. The Morgan fingerprint density at radius 1 is 0.286 bits per heavy atom. The molecule has 0 radical (unpaired) electrons. The molecule has 0 saturated carbocycles. The zero-order valence-corrected chi connectivity index (χ0v) is 27.0. The lowest BCUT2D eigenvalue weighted by molar-refractivity contribution is 0.770. The molecule has 0 bridgehead atoms. The van der Waals surface area contributed by atoms with E-state index in [1.54, 1.807) is 0 Å². The molecule has 0 saturated heterocycles. The number of benzene rings is 9. The van der Waals surface area contributed by atoms with Crippen LogP contribution in [0.5, 0.6) is 0 Å². The minimum Gasteiger partial charge on any atom is -0.0622 e. The quantitative estimate of drug-likeness (QED) is 0.172. The van der Waals surface area contributed by atoms with Crippen molar-refractivity contribution in [3.8, 4) is 33.4 Å². The maximum absolute atomic E-state index is 2.51. The molecule has 10 rings (SSSR count). The van der Waals surface area contributed by atoms with Crippen LogP contribution in [0.1, 0.15) is 22.3 Å². The van der Waals surface area contributed by atoms with Gasteiger partial charge >= 0.3 is 0 Å². The highest BCUT2D eigenvalue weighted by molar-refractivity contribution is 6.21. The summed E-state index contributed by atoms with van der Waals surface area (Å²) in [6, 6.07) is 71.9. The van der Waals surface area contributed by atoms with E-state index in [-0.39, 0.29) is 0 Å². The first-order valence-electron chi connectivity index (χ1n) is 17.1. The predicted octanol–water partition coefficient (Wildman–Crippen LogP) is 12.8. The number of hydrogen-bond donors (Lipinski definition) is 0. The number of hydrogen-bond acceptors (Lipinski definition) is 0. The van der Waals surface area contributed by atoms with Crippen LogP contribution in [0.25, 0.3) is 65.7 Å². The van der Waals surface area contributed by atoms with Crippen LogP contribution in [0.3, 0.4) is 0 Å². The average Bonchev–Trinajstić information content (AvgIpc) is 3.46. The fourth-order valence-corrected chi connectivity index (χ4v) is 8.68. The smallest absolute Gasteiger partial charge is 0.0622 e. The van der Waals surface area contributed by atoms with Gasteiger partial charge in [0.2, 0.25) is 0 Å². The summed E-state index contributed by atoms with van der Waals surface area (Å²) >= 11 is 0. The molecular formula is C49H32. The third-order valence-electron chi connectivity index (χ3n) is 10.7. The summed E-state index contributed by atoms with van der Waals surface area (Å²) < 4.78 is 0. The fraction of sp³-hybridized carbons (Fsp3) is 0.0204. The molecule has 0 heteroatoms. The first-order chi connectivity index (χ1) is 24.3. The van der Waals surface area contributed by atoms with Gasteiger partial charge in [0, 0.05) is 0 Å². The van der Waals surface area contributed by atoms with E-state index in [4.69, 9.17) is 0 Å². The molecule has 1 aliphatic rings. The second-order valence-corrected chi connectivity index (χ2v) is 13.2. The Kier molecular flexibility index (Phi) is 6.19. The van der Waals surface area contributed by atoms with Crippen molar-refractivity contribution in [2.24, 2.45) is 0 Å². The Hall–Kier alpha value is -6.24. The molecule has 1 aliphatic carbocycles. The molecular weight excluding hydrogens is 589 g/mol. The Bertz CT molecular complexity index is 2590. The van der Waals surface area contributed by atoms with Crippen molar-refractivity contribution in [1.29, 1.82) is 0 Å². The van der Waals surface area contributed by atoms with Crippen molar-refractivity contribution < 1.29 is 0 Å². The zero-order chi connectivity index (χ0) is 32.4.